The van der Waals surface area contributed by atoms with Crippen molar-refractivity contribution in [2.45, 2.75) is 30.5 Å². The van der Waals surface area contributed by atoms with Crippen LogP contribution < -0.4 is 0 Å². The van der Waals surface area contributed by atoms with Crippen molar-refractivity contribution in [1.29, 1.82) is 0 Å². The van der Waals surface area contributed by atoms with E-state index in [9.17, 15) is 14.7 Å². The zero-order valence-corrected chi connectivity index (χ0v) is 9.66. The van der Waals surface area contributed by atoms with Crippen molar-refractivity contribution in [2.75, 3.05) is 13.2 Å². The van der Waals surface area contributed by atoms with Gasteiger partial charge >= 0.3 is 11.9 Å². The van der Waals surface area contributed by atoms with Gasteiger partial charge in [-0.1, -0.05) is 0 Å². The summed E-state index contributed by atoms with van der Waals surface area (Å²) >= 11 is 0. The number of aliphatic hydroxyl groups excluding tert-OH is 6. The van der Waals surface area contributed by atoms with E-state index in [1.54, 1.807) is 0 Å². The summed E-state index contributed by atoms with van der Waals surface area (Å²) in [4.78, 5) is 21.9. The molecular formula is C9H16O10. The molecule has 5 atom stereocenters. The molecule has 0 aliphatic rings. The average molecular weight is 284 g/mol. The number of carbonyl (C=O) groups excluding carboxylic acids is 1. The van der Waals surface area contributed by atoms with Gasteiger partial charge in [-0.25, -0.2) is 9.59 Å². The number of aliphatic hydroxyl groups is 6. The Labute approximate surface area is 107 Å². The number of hydrogen-bond donors (Lipinski definition) is 7. The van der Waals surface area contributed by atoms with E-state index in [0.717, 1.165) is 0 Å². The number of hydrogen-bond acceptors (Lipinski definition) is 9. The molecule has 0 aromatic rings. The molecule has 0 aliphatic carbocycles. The lowest BCUT2D eigenvalue weighted by Crippen LogP contribution is -2.49. The molecule has 10 nitrogen and oxygen atoms in total. The largest absolute Gasteiger partial charge is 0.478 e. The van der Waals surface area contributed by atoms with Crippen molar-refractivity contribution >= 4 is 11.9 Å². The highest BCUT2D eigenvalue weighted by atomic mass is 16.6. The molecule has 19 heavy (non-hydrogen) atoms. The van der Waals surface area contributed by atoms with E-state index in [-0.39, 0.29) is 0 Å². The fraction of sp³-hybridized carbons (Fsp3) is 0.778. The molecule has 0 amide bonds. The quantitative estimate of drug-likeness (QED) is 0.214. The summed E-state index contributed by atoms with van der Waals surface area (Å²) in [6.45, 7) is -1.96. The molecule has 0 aromatic heterocycles. The van der Waals surface area contributed by atoms with Gasteiger partial charge in [0, 0.05) is 0 Å². The highest BCUT2D eigenvalue weighted by Gasteiger charge is 2.37. The van der Waals surface area contributed by atoms with Crippen LogP contribution in [0.4, 0.5) is 0 Å². The van der Waals surface area contributed by atoms with Crippen LogP contribution in [-0.2, 0) is 14.3 Å². The van der Waals surface area contributed by atoms with Crippen LogP contribution >= 0.6 is 0 Å². The van der Waals surface area contributed by atoms with Crippen LogP contribution in [0.1, 0.15) is 0 Å². The number of carboxylic acid groups (broad SMARTS) is 1. The molecular weight excluding hydrogens is 268 g/mol. The van der Waals surface area contributed by atoms with Gasteiger partial charge in [0.1, 0.15) is 18.3 Å². The van der Waals surface area contributed by atoms with Gasteiger partial charge in [-0.2, -0.15) is 0 Å². The Morgan fingerprint density at radius 1 is 0.947 bits per heavy atom. The van der Waals surface area contributed by atoms with Gasteiger partial charge in [-0.15, -0.1) is 0 Å². The van der Waals surface area contributed by atoms with E-state index in [1.807, 2.05) is 0 Å². The number of ether oxygens (including phenoxy) is 1. The minimum Gasteiger partial charge on any atom is -0.478 e. The average Bonchev–Trinajstić information content (AvgIpc) is 2.40. The zero-order chi connectivity index (χ0) is 15.2. The molecule has 112 valence electrons. The Hall–Kier alpha value is -1.30. The van der Waals surface area contributed by atoms with Crippen LogP contribution in [0.25, 0.3) is 0 Å². The zero-order valence-electron chi connectivity index (χ0n) is 9.66. The van der Waals surface area contributed by atoms with E-state index in [2.05, 4.69) is 4.74 Å². The number of rotatable bonds is 8. The summed E-state index contributed by atoms with van der Waals surface area (Å²) in [5.41, 5.74) is 0. The minimum atomic E-state index is -2.25. The van der Waals surface area contributed by atoms with Gasteiger partial charge in [0.2, 0.25) is 6.10 Å². The fourth-order valence-electron chi connectivity index (χ4n) is 1.03. The maximum Gasteiger partial charge on any atom is 0.347 e. The molecule has 0 aliphatic heterocycles. The molecule has 0 heterocycles. The Morgan fingerprint density at radius 3 is 1.79 bits per heavy atom. The molecule has 10 heteroatoms. The van der Waals surface area contributed by atoms with Crippen molar-refractivity contribution in [2.24, 2.45) is 0 Å². The third kappa shape index (κ3) is 5.06. The summed E-state index contributed by atoms with van der Waals surface area (Å²) in [6, 6.07) is 0. The molecule has 0 rings (SSSR count). The number of esters is 1. The van der Waals surface area contributed by atoms with Gasteiger partial charge in [0.05, 0.1) is 13.2 Å². The molecule has 0 unspecified atom stereocenters. The van der Waals surface area contributed by atoms with Crippen molar-refractivity contribution in [3.63, 3.8) is 0 Å². The Bertz CT molecular complexity index is 305. The van der Waals surface area contributed by atoms with Crippen LogP contribution in [0.5, 0.6) is 0 Å². The van der Waals surface area contributed by atoms with Crippen LogP contribution in [0.2, 0.25) is 0 Å². The lowest BCUT2D eigenvalue weighted by atomic mass is 10.1. The van der Waals surface area contributed by atoms with Crippen LogP contribution in [0, 0.1) is 0 Å². The lowest BCUT2D eigenvalue weighted by molar-refractivity contribution is -0.188. The van der Waals surface area contributed by atoms with E-state index in [1.165, 1.54) is 0 Å². The summed E-state index contributed by atoms with van der Waals surface area (Å²) in [5.74, 6) is -3.45. The molecule has 0 fully saturated rings. The summed E-state index contributed by atoms with van der Waals surface area (Å²) in [6.07, 6.45) is -10.4. The normalized spacial score (nSPS) is 19.1. The summed E-state index contributed by atoms with van der Waals surface area (Å²) in [7, 11) is 0. The van der Waals surface area contributed by atoms with Gasteiger partial charge in [0.25, 0.3) is 0 Å². The molecule has 7 N–H and O–H groups in total. The third-order valence-electron chi connectivity index (χ3n) is 2.17. The van der Waals surface area contributed by atoms with Crippen LogP contribution in [-0.4, -0.2) is 91.4 Å². The number of carboxylic acids is 1. The van der Waals surface area contributed by atoms with Crippen LogP contribution in [0.3, 0.4) is 0 Å². The highest BCUT2D eigenvalue weighted by molar-refractivity contribution is 5.81. The first-order chi connectivity index (χ1) is 8.76. The van der Waals surface area contributed by atoms with Crippen LogP contribution in [0.15, 0.2) is 0 Å². The molecule has 0 spiro atoms. The maximum absolute atomic E-state index is 11.2. The van der Waals surface area contributed by atoms with Crippen molar-refractivity contribution < 1.29 is 50.1 Å². The number of aliphatic carboxylic acids is 1. The predicted molar refractivity (Wildman–Crippen MR) is 55.7 cm³/mol. The minimum absolute atomic E-state index is 0.976. The Balaban J connectivity index is 4.77. The first-order valence-corrected chi connectivity index (χ1v) is 5.13. The second-order valence-corrected chi connectivity index (χ2v) is 3.63. The van der Waals surface area contributed by atoms with Gasteiger partial charge in [-0.3, -0.25) is 0 Å². The second-order valence-electron chi connectivity index (χ2n) is 3.63. The highest BCUT2D eigenvalue weighted by Crippen LogP contribution is 2.08. The maximum atomic E-state index is 11.2. The Kier molecular flexibility index (Phi) is 7.44. The molecule has 0 saturated heterocycles. The van der Waals surface area contributed by atoms with E-state index in [0.29, 0.717) is 0 Å². The molecule has 0 bridgehead atoms. The van der Waals surface area contributed by atoms with Gasteiger partial charge in [0.15, 0.2) is 6.10 Å². The predicted octanol–water partition coefficient (Wildman–Crippen LogP) is -4.59. The van der Waals surface area contributed by atoms with Gasteiger partial charge in [-0.05, 0) is 0 Å². The molecule has 0 radical (unpaired) electrons. The smallest absolute Gasteiger partial charge is 0.347 e. The van der Waals surface area contributed by atoms with E-state index >= 15 is 0 Å². The van der Waals surface area contributed by atoms with Crippen molar-refractivity contribution in [3.8, 4) is 0 Å². The summed E-state index contributed by atoms with van der Waals surface area (Å²) in [5, 5.41) is 62.1. The number of carbonyl (C=O) groups is 2. The fourth-order valence-corrected chi connectivity index (χ4v) is 1.03. The monoisotopic (exact) mass is 284 g/mol. The molecule has 0 saturated carbocycles. The standard InChI is InChI=1S/C9H16O10/c10-1-3(12)5(14)7(8(16)17)19-9(18)6(15)4(13)2-11/h3-7,10-15H,1-2H2,(H,16,17)/t3-,4-,5-,6+,7-/m1/s1. The third-order valence-corrected chi connectivity index (χ3v) is 2.17. The lowest BCUT2D eigenvalue weighted by Gasteiger charge is -2.24. The van der Waals surface area contributed by atoms with E-state index in [4.69, 9.17) is 30.6 Å². The summed E-state index contributed by atoms with van der Waals surface area (Å²) < 4.78 is 4.20. The van der Waals surface area contributed by atoms with Crippen molar-refractivity contribution in [1.82, 2.24) is 0 Å². The van der Waals surface area contributed by atoms with Gasteiger partial charge < -0.3 is 40.5 Å². The second kappa shape index (κ2) is 7.99. The van der Waals surface area contributed by atoms with Crippen molar-refractivity contribution in [3.05, 3.63) is 0 Å². The SMILES string of the molecule is O=C(O[C@@H](C(=O)O)[C@H](O)[C@H](O)CO)[C@@H](O)[C@H](O)CO. The Morgan fingerprint density at radius 2 is 1.42 bits per heavy atom. The molecule has 0 aromatic carbocycles. The first kappa shape index (κ1) is 17.7. The first-order valence-electron chi connectivity index (χ1n) is 5.13. The van der Waals surface area contributed by atoms with E-state index < -0.39 is 55.7 Å². The topological polar surface area (TPSA) is 185 Å².